The largest absolute Gasteiger partial charge is 0.483 e. The molecule has 0 bridgehead atoms. The number of hydrogen-bond donors (Lipinski definition) is 2. The highest BCUT2D eigenvalue weighted by molar-refractivity contribution is 5.77. The molecule has 1 aliphatic heterocycles. The van der Waals surface area contributed by atoms with E-state index in [0.717, 1.165) is 5.56 Å². The van der Waals surface area contributed by atoms with Gasteiger partial charge in [0, 0.05) is 31.3 Å². The molecule has 6 nitrogen and oxygen atoms in total. The fourth-order valence-electron chi connectivity index (χ4n) is 1.77. The number of nitrogens with one attached hydrogen (secondary N) is 2. The minimum absolute atomic E-state index is 0.0230. The molecule has 0 fully saturated rings. The van der Waals surface area contributed by atoms with Gasteiger partial charge < -0.3 is 24.8 Å². The first-order valence-corrected chi connectivity index (χ1v) is 6.59. The van der Waals surface area contributed by atoms with Gasteiger partial charge in [-0.15, -0.1) is 0 Å². The summed E-state index contributed by atoms with van der Waals surface area (Å²) in [6.45, 7) is 4.96. The van der Waals surface area contributed by atoms with Crippen molar-refractivity contribution in [1.82, 2.24) is 10.6 Å². The van der Waals surface area contributed by atoms with Crippen LogP contribution in [0.4, 0.5) is 0 Å². The SMILES string of the molecule is CNC(=O)COc1cc2c(cc1CNC(C)C)OCO2. The van der Waals surface area contributed by atoms with E-state index in [-0.39, 0.29) is 19.3 Å². The fraction of sp³-hybridized carbons (Fsp3) is 0.500. The van der Waals surface area contributed by atoms with Gasteiger partial charge in [-0.3, -0.25) is 4.79 Å². The number of amides is 1. The number of rotatable bonds is 6. The van der Waals surface area contributed by atoms with E-state index in [9.17, 15) is 4.79 Å². The van der Waals surface area contributed by atoms with Gasteiger partial charge in [0.2, 0.25) is 6.79 Å². The summed E-state index contributed by atoms with van der Waals surface area (Å²) >= 11 is 0. The number of fused-ring (bicyclic) bond motifs is 1. The second-order valence-electron chi connectivity index (χ2n) is 4.81. The van der Waals surface area contributed by atoms with E-state index in [1.807, 2.05) is 6.07 Å². The lowest BCUT2D eigenvalue weighted by atomic mass is 10.1. The van der Waals surface area contributed by atoms with Crippen LogP contribution >= 0.6 is 0 Å². The average molecular weight is 280 g/mol. The zero-order valence-electron chi connectivity index (χ0n) is 12.0. The normalized spacial score (nSPS) is 12.6. The molecule has 2 N–H and O–H groups in total. The van der Waals surface area contributed by atoms with Crippen LogP contribution in [0.25, 0.3) is 0 Å². The molecule has 1 aromatic carbocycles. The summed E-state index contributed by atoms with van der Waals surface area (Å²) in [6, 6.07) is 4.01. The van der Waals surface area contributed by atoms with Crippen molar-refractivity contribution in [3.05, 3.63) is 17.7 Å². The zero-order chi connectivity index (χ0) is 14.5. The summed E-state index contributed by atoms with van der Waals surface area (Å²) in [7, 11) is 1.58. The van der Waals surface area contributed by atoms with Gasteiger partial charge in [-0.25, -0.2) is 0 Å². The molecule has 0 unspecified atom stereocenters. The standard InChI is InChI=1S/C14H20N2O4/c1-9(2)16-6-10-4-12-13(20-8-19-12)5-11(10)18-7-14(17)15-3/h4-5,9,16H,6-8H2,1-3H3,(H,15,17). The summed E-state index contributed by atoms with van der Waals surface area (Å²) in [5.74, 6) is 1.81. The van der Waals surface area contributed by atoms with Crippen LogP contribution in [0.5, 0.6) is 17.2 Å². The first-order chi connectivity index (χ1) is 9.60. The predicted molar refractivity (Wildman–Crippen MR) is 74.1 cm³/mol. The Morgan fingerprint density at radius 2 is 2.05 bits per heavy atom. The maximum absolute atomic E-state index is 11.3. The lowest BCUT2D eigenvalue weighted by Gasteiger charge is -2.14. The molecule has 0 spiro atoms. The first kappa shape index (κ1) is 14.5. The highest BCUT2D eigenvalue weighted by Crippen LogP contribution is 2.38. The minimum atomic E-state index is -0.176. The van der Waals surface area contributed by atoms with Crippen LogP contribution in [0.15, 0.2) is 12.1 Å². The number of hydrogen-bond acceptors (Lipinski definition) is 5. The maximum Gasteiger partial charge on any atom is 0.257 e. The van der Waals surface area contributed by atoms with Gasteiger partial charge in [0.1, 0.15) is 5.75 Å². The van der Waals surface area contributed by atoms with Gasteiger partial charge in [0.15, 0.2) is 18.1 Å². The van der Waals surface area contributed by atoms with Crippen molar-refractivity contribution in [2.75, 3.05) is 20.4 Å². The Morgan fingerprint density at radius 3 is 2.70 bits per heavy atom. The highest BCUT2D eigenvalue weighted by atomic mass is 16.7. The van der Waals surface area contributed by atoms with Gasteiger partial charge in [-0.1, -0.05) is 13.8 Å². The van der Waals surface area contributed by atoms with Crippen LogP contribution in [0.3, 0.4) is 0 Å². The average Bonchev–Trinajstić information content (AvgIpc) is 2.88. The number of benzene rings is 1. The van der Waals surface area contributed by atoms with E-state index >= 15 is 0 Å². The number of likely N-dealkylation sites (N-methyl/N-ethyl adjacent to an activating group) is 1. The Labute approximate surface area is 118 Å². The van der Waals surface area contributed by atoms with Crippen molar-refractivity contribution in [2.45, 2.75) is 26.4 Å². The summed E-state index contributed by atoms with van der Waals surface area (Å²) in [4.78, 5) is 11.3. The second kappa shape index (κ2) is 6.47. The van der Waals surface area contributed by atoms with Gasteiger partial charge in [-0.05, 0) is 6.07 Å². The molecule has 1 amide bonds. The summed E-state index contributed by atoms with van der Waals surface area (Å²) in [5.41, 5.74) is 0.937. The molecule has 0 aliphatic carbocycles. The highest BCUT2D eigenvalue weighted by Gasteiger charge is 2.18. The lowest BCUT2D eigenvalue weighted by molar-refractivity contribution is -0.122. The fourth-order valence-corrected chi connectivity index (χ4v) is 1.77. The van der Waals surface area contributed by atoms with E-state index in [1.165, 1.54) is 0 Å². The Balaban J connectivity index is 2.15. The third kappa shape index (κ3) is 3.54. The van der Waals surface area contributed by atoms with Gasteiger partial charge in [0.05, 0.1) is 0 Å². The third-order valence-electron chi connectivity index (χ3n) is 2.89. The molecule has 0 saturated heterocycles. The van der Waals surface area contributed by atoms with Crippen molar-refractivity contribution in [2.24, 2.45) is 0 Å². The molecule has 0 saturated carbocycles. The van der Waals surface area contributed by atoms with Gasteiger partial charge in [0.25, 0.3) is 5.91 Å². The monoisotopic (exact) mass is 280 g/mol. The predicted octanol–water partition coefficient (Wildman–Crippen LogP) is 1.04. The molecule has 20 heavy (non-hydrogen) atoms. The van der Waals surface area contributed by atoms with Crippen molar-refractivity contribution in [1.29, 1.82) is 0 Å². The Morgan fingerprint density at radius 1 is 1.35 bits per heavy atom. The third-order valence-corrected chi connectivity index (χ3v) is 2.89. The molecule has 1 heterocycles. The van der Waals surface area contributed by atoms with Gasteiger partial charge >= 0.3 is 0 Å². The van der Waals surface area contributed by atoms with Crippen molar-refractivity contribution in [3.63, 3.8) is 0 Å². The van der Waals surface area contributed by atoms with Gasteiger partial charge in [-0.2, -0.15) is 0 Å². The van der Waals surface area contributed by atoms with Crippen LogP contribution in [0, 0.1) is 0 Å². The summed E-state index contributed by atoms with van der Waals surface area (Å²) in [5, 5.41) is 5.84. The quantitative estimate of drug-likeness (QED) is 0.815. The molecule has 0 atom stereocenters. The Bertz CT molecular complexity index is 488. The number of ether oxygens (including phenoxy) is 3. The minimum Gasteiger partial charge on any atom is -0.483 e. The first-order valence-electron chi connectivity index (χ1n) is 6.59. The maximum atomic E-state index is 11.3. The molecular weight excluding hydrogens is 260 g/mol. The summed E-state index contributed by atoms with van der Waals surface area (Å²) < 4.78 is 16.3. The molecule has 1 aromatic rings. The number of carbonyl (C=O) groups excluding carboxylic acids is 1. The second-order valence-corrected chi connectivity index (χ2v) is 4.81. The van der Waals surface area contributed by atoms with Crippen LogP contribution in [-0.4, -0.2) is 32.4 Å². The lowest BCUT2D eigenvalue weighted by Crippen LogP contribution is -2.26. The number of carbonyl (C=O) groups is 1. The summed E-state index contributed by atoms with van der Waals surface area (Å²) in [6.07, 6.45) is 0. The molecule has 110 valence electrons. The van der Waals surface area contributed by atoms with E-state index in [4.69, 9.17) is 14.2 Å². The van der Waals surface area contributed by atoms with Crippen molar-refractivity contribution in [3.8, 4) is 17.2 Å². The molecule has 6 heteroatoms. The van der Waals surface area contributed by atoms with E-state index in [0.29, 0.717) is 29.8 Å². The molecule has 1 aliphatic rings. The van der Waals surface area contributed by atoms with E-state index in [1.54, 1.807) is 13.1 Å². The Kier molecular flexibility index (Phi) is 4.68. The van der Waals surface area contributed by atoms with Crippen LogP contribution < -0.4 is 24.8 Å². The molecule has 0 radical (unpaired) electrons. The van der Waals surface area contributed by atoms with Crippen LogP contribution in [0.2, 0.25) is 0 Å². The van der Waals surface area contributed by atoms with Crippen molar-refractivity contribution < 1.29 is 19.0 Å². The molecule has 0 aromatic heterocycles. The molecular formula is C14H20N2O4. The van der Waals surface area contributed by atoms with Crippen LogP contribution in [0.1, 0.15) is 19.4 Å². The Hall–Kier alpha value is -1.95. The zero-order valence-corrected chi connectivity index (χ0v) is 12.0. The smallest absolute Gasteiger partial charge is 0.257 e. The topological polar surface area (TPSA) is 68.8 Å². The van der Waals surface area contributed by atoms with E-state index < -0.39 is 0 Å². The van der Waals surface area contributed by atoms with E-state index in [2.05, 4.69) is 24.5 Å². The van der Waals surface area contributed by atoms with Crippen LogP contribution in [-0.2, 0) is 11.3 Å². The molecule has 2 rings (SSSR count). The van der Waals surface area contributed by atoms with Crippen molar-refractivity contribution >= 4 is 5.91 Å².